The number of phenolic OH excluding ortho intramolecular Hbond substituents is 1. The maximum atomic E-state index is 11.3. The molecule has 4 heteroatoms. The van der Waals surface area contributed by atoms with Crippen LogP contribution in [0.5, 0.6) is 5.75 Å². The first-order valence-corrected chi connectivity index (χ1v) is 6.76. The zero-order valence-corrected chi connectivity index (χ0v) is 11.5. The van der Waals surface area contributed by atoms with E-state index < -0.39 is 0 Å². The largest absolute Gasteiger partial charge is 0.507 e. The van der Waals surface area contributed by atoms with Crippen molar-refractivity contribution in [2.45, 2.75) is 32.8 Å². The van der Waals surface area contributed by atoms with E-state index in [4.69, 9.17) is 0 Å². The van der Waals surface area contributed by atoms with E-state index in [0.717, 1.165) is 31.6 Å². The number of aliphatic hydroxyl groups is 1. The molecule has 1 heterocycles. The van der Waals surface area contributed by atoms with Crippen LogP contribution in [0.25, 0.3) is 0 Å². The number of aromatic hydroxyl groups is 1. The second kappa shape index (κ2) is 5.61. The van der Waals surface area contributed by atoms with Crippen molar-refractivity contribution in [3.8, 4) is 5.75 Å². The second-order valence-corrected chi connectivity index (χ2v) is 5.32. The minimum Gasteiger partial charge on any atom is -0.507 e. The van der Waals surface area contributed by atoms with Crippen molar-refractivity contribution < 1.29 is 15.0 Å². The quantitative estimate of drug-likeness (QED) is 0.821. The topological polar surface area (TPSA) is 60.8 Å². The molecule has 1 saturated heterocycles. The Morgan fingerprint density at radius 3 is 2.47 bits per heavy atom. The molecular weight excluding hydrogens is 242 g/mol. The van der Waals surface area contributed by atoms with Gasteiger partial charge in [0.25, 0.3) is 0 Å². The first-order chi connectivity index (χ1) is 8.99. The number of benzene rings is 1. The molecule has 0 aliphatic carbocycles. The normalized spacial score (nSPS) is 18.4. The highest BCUT2D eigenvalue weighted by atomic mass is 16.3. The van der Waals surface area contributed by atoms with Gasteiger partial charge >= 0.3 is 0 Å². The predicted molar refractivity (Wildman–Crippen MR) is 74.7 cm³/mol. The Morgan fingerprint density at radius 1 is 1.37 bits per heavy atom. The van der Waals surface area contributed by atoms with Gasteiger partial charge in [0.2, 0.25) is 0 Å². The van der Waals surface area contributed by atoms with E-state index in [1.54, 1.807) is 12.1 Å². The third-order valence-electron chi connectivity index (χ3n) is 3.95. The van der Waals surface area contributed by atoms with Crippen LogP contribution in [0.1, 0.15) is 37.0 Å². The number of anilines is 1. The molecule has 0 aromatic heterocycles. The molecule has 0 radical (unpaired) electrons. The van der Waals surface area contributed by atoms with Crippen LogP contribution in [0.15, 0.2) is 18.2 Å². The molecule has 1 atom stereocenters. The van der Waals surface area contributed by atoms with Crippen LogP contribution in [-0.4, -0.2) is 35.2 Å². The molecule has 4 nitrogen and oxygen atoms in total. The molecular formula is C15H21NO3. The number of phenols is 1. The molecule has 1 aromatic carbocycles. The number of nitrogens with zero attached hydrogens (tertiary/aromatic N) is 1. The molecule has 0 saturated carbocycles. The number of ketones is 1. The van der Waals surface area contributed by atoms with Crippen LogP contribution >= 0.6 is 0 Å². The molecule has 1 aliphatic heterocycles. The molecule has 0 amide bonds. The number of rotatable bonds is 3. The Labute approximate surface area is 113 Å². The average Bonchev–Trinajstić information content (AvgIpc) is 2.38. The fourth-order valence-electron chi connectivity index (χ4n) is 2.65. The molecule has 2 rings (SSSR count). The van der Waals surface area contributed by atoms with Gasteiger partial charge in [0.15, 0.2) is 5.78 Å². The second-order valence-electron chi connectivity index (χ2n) is 5.32. The van der Waals surface area contributed by atoms with Crippen molar-refractivity contribution in [3.63, 3.8) is 0 Å². The van der Waals surface area contributed by atoms with E-state index >= 15 is 0 Å². The molecule has 2 N–H and O–H groups in total. The highest BCUT2D eigenvalue weighted by Crippen LogP contribution is 2.29. The summed E-state index contributed by atoms with van der Waals surface area (Å²) in [6.45, 7) is 5.03. The lowest BCUT2D eigenvalue weighted by atomic mass is 9.92. The molecule has 1 fully saturated rings. The van der Waals surface area contributed by atoms with Gasteiger partial charge in [0.1, 0.15) is 5.75 Å². The van der Waals surface area contributed by atoms with Crippen molar-refractivity contribution in [2.75, 3.05) is 18.0 Å². The summed E-state index contributed by atoms with van der Waals surface area (Å²) in [7, 11) is 0. The van der Waals surface area contributed by atoms with E-state index in [1.807, 2.05) is 13.0 Å². The van der Waals surface area contributed by atoms with Crippen LogP contribution in [0.2, 0.25) is 0 Å². The zero-order chi connectivity index (χ0) is 14.0. The third kappa shape index (κ3) is 3.07. The number of carbonyl (C=O) groups excluding carboxylic acids is 1. The first-order valence-electron chi connectivity index (χ1n) is 6.76. The highest BCUT2D eigenvalue weighted by Gasteiger charge is 2.23. The van der Waals surface area contributed by atoms with E-state index in [0.29, 0.717) is 11.5 Å². The molecule has 104 valence electrons. The lowest BCUT2D eigenvalue weighted by Gasteiger charge is -2.34. The average molecular weight is 263 g/mol. The summed E-state index contributed by atoms with van der Waals surface area (Å²) in [5.74, 6) is 0.279. The molecule has 19 heavy (non-hydrogen) atoms. The van der Waals surface area contributed by atoms with Gasteiger partial charge < -0.3 is 15.1 Å². The summed E-state index contributed by atoms with van der Waals surface area (Å²) in [4.78, 5) is 13.5. The Kier molecular flexibility index (Phi) is 4.10. The van der Waals surface area contributed by atoms with Gasteiger partial charge in [0.05, 0.1) is 11.7 Å². The van der Waals surface area contributed by atoms with Crippen LogP contribution in [0.4, 0.5) is 5.69 Å². The van der Waals surface area contributed by atoms with E-state index in [9.17, 15) is 15.0 Å². The summed E-state index contributed by atoms with van der Waals surface area (Å²) in [5.41, 5.74) is 1.30. The Hall–Kier alpha value is -1.55. The van der Waals surface area contributed by atoms with Crippen molar-refractivity contribution in [1.29, 1.82) is 0 Å². The maximum absolute atomic E-state index is 11.3. The smallest absolute Gasteiger partial charge is 0.163 e. The fourth-order valence-corrected chi connectivity index (χ4v) is 2.65. The van der Waals surface area contributed by atoms with Crippen molar-refractivity contribution in [3.05, 3.63) is 23.8 Å². The lowest BCUT2D eigenvalue weighted by Crippen LogP contribution is -2.37. The van der Waals surface area contributed by atoms with Crippen molar-refractivity contribution in [2.24, 2.45) is 5.92 Å². The van der Waals surface area contributed by atoms with Crippen LogP contribution < -0.4 is 4.90 Å². The molecule has 0 bridgehead atoms. The minimum atomic E-state index is -0.254. The predicted octanol–water partition coefficient (Wildman–Crippen LogP) is 2.19. The van der Waals surface area contributed by atoms with Crippen LogP contribution in [-0.2, 0) is 0 Å². The van der Waals surface area contributed by atoms with Gasteiger partial charge in [-0.2, -0.15) is 0 Å². The SMILES string of the molecule is CC(=O)c1ccc(N2CCC(C(C)O)CC2)cc1O. The Morgan fingerprint density at radius 2 is 2.00 bits per heavy atom. The number of aliphatic hydroxyl groups excluding tert-OH is 1. The summed E-state index contributed by atoms with van der Waals surface area (Å²) >= 11 is 0. The number of carbonyl (C=O) groups is 1. The van der Waals surface area contributed by atoms with E-state index in [2.05, 4.69) is 4.90 Å². The van der Waals surface area contributed by atoms with Gasteiger partial charge in [-0.1, -0.05) is 0 Å². The summed E-state index contributed by atoms with van der Waals surface area (Å²) in [5, 5.41) is 19.4. The maximum Gasteiger partial charge on any atom is 0.163 e. The molecule has 1 unspecified atom stereocenters. The number of hydrogen-bond donors (Lipinski definition) is 2. The van der Waals surface area contributed by atoms with E-state index in [1.165, 1.54) is 6.92 Å². The summed E-state index contributed by atoms with van der Waals surface area (Å²) < 4.78 is 0. The van der Waals surface area contributed by atoms with Gasteiger partial charge in [-0.3, -0.25) is 4.79 Å². The number of Topliss-reactive ketones (excluding diaryl/α,β-unsaturated/α-hetero) is 1. The van der Waals surface area contributed by atoms with Crippen molar-refractivity contribution in [1.82, 2.24) is 0 Å². The zero-order valence-electron chi connectivity index (χ0n) is 11.5. The Balaban J connectivity index is 2.08. The van der Waals surface area contributed by atoms with Crippen molar-refractivity contribution >= 4 is 11.5 Å². The van der Waals surface area contributed by atoms with Gasteiger partial charge in [-0.05, 0) is 44.7 Å². The van der Waals surface area contributed by atoms with Gasteiger partial charge in [0, 0.05) is 24.8 Å². The monoisotopic (exact) mass is 263 g/mol. The van der Waals surface area contributed by atoms with E-state index in [-0.39, 0.29) is 17.6 Å². The summed E-state index contributed by atoms with van der Waals surface area (Å²) in [6.07, 6.45) is 1.65. The molecule has 1 aromatic rings. The van der Waals surface area contributed by atoms with Crippen LogP contribution in [0, 0.1) is 5.92 Å². The highest BCUT2D eigenvalue weighted by molar-refractivity contribution is 5.97. The summed E-state index contributed by atoms with van der Waals surface area (Å²) in [6, 6.07) is 5.20. The number of piperidine rings is 1. The van der Waals surface area contributed by atoms with Gasteiger partial charge in [-0.25, -0.2) is 0 Å². The number of hydrogen-bond acceptors (Lipinski definition) is 4. The fraction of sp³-hybridized carbons (Fsp3) is 0.533. The Bertz CT molecular complexity index is 462. The lowest BCUT2D eigenvalue weighted by molar-refractivity contribution is 0.101. The third-order valence-corrected chi connectivity index (χ3v) is 3.95. The van der Waals surface area contributed by atoms with Gasteiger partial charge in [-0.15, -0.1) is 0 Å². The molecule has 1 aliphatic rings. The standard InChI is InChI=1S/C15H21NO3/c1-10(17)12-5-7-16(8-6-12)13-3-4-14(11(2)18)15(19)9-13/h3-4,9-10,12,17,19H,5-8H2,1-2H3. The van der Waals surface area contributed by atoms with Crippen LogP contribution in [0.3, 0.4) is 0 Å². The first kappa shape index (κ1) is 13.9. The molecule has 0 spiro atoms. The minimum absolute atomic E-state index is 0.0441.